The molecule has 0 spiro atoms. The number of phenolic OH excluding ortho intramolecular Hbond substituents is 1. The zero-order valence-electron chi connectivity index (χ0n) is 22.3. The van der Waals surface area contributed by atoms with Gasteiger partial charge < -0.3 is 25.0 Å². The van der Waals surface area contributed by atoms with E-state index in [4.69, 9.17) is 4.74 Å². The van der Waals surface area contributed by atoms with Gasteiger partial charge in [0.05, 0.1) is 13.2 Å². The van der Waals surface area contributed by atoms with E-state index in [1.165, 1.54) is 4.90 Å². The van der Waals surface area contributed by atoms with Gasteiger partial charge >= 0.3 is 6.03 Å². The van der Waals surface area contributed by atoms with E-state index in [2.05, 4.69) is 32.1 Å². The van der Waals surface area contributed by atoms with Gasteiger partial charge in [0.15, 0.2) is 23.1 Å². The summed E-state index contributed by atoms with van der Waals surface area (Å²) in [7, 11) is 2.16. The number of anilines is 3. The fourth-order valence-corrected chi connectivity index (χ4v) is 4.75. The number of likely N-dealkylation sites (N-methyl/N-ethyl adjacent to an activating group) is 1. The zero-order valence-corrected chi connectivity index (χ0v) is 22.3. The molecule has 0 bridgehead atoms. The maximum absolute atomic E-state index is 15.1. The maximum atomic E-state index is 15.1. The quantitative estimate of drug-likeness (QED) is 0.423. The van der Waals surface area contributed by atoms with Crippen molar-refractivity contribution in [2.75, 3.05) is 74.6 Å². The van der Waals surface area contributed by atoms with Gasteiger partial charge in [0.2, 0.25) is 5.95 Å². The van der Waals surface area contributed by atoms with E-state index in [9.17, 15) is 14.3 Å². The third-order valence-electron chi connectivity index (χ3n) is 6.93. The Labute approximate surface area is 222 Å². The lowest BCUT2D eigenvalue weighted by Crippen LogP contribution is -2.48. The molecule has 2 amide bonds. The number of phenols is 1. The van der Waals surface area contributed by atoms with Gasteiger partial charge in [-0.1, -0.05) is 6.42 Å². The molecule has 3 heterocycles. The number of urea groups is 1. The predicted molar refractivity (Wildman–Crippen MR) is 142 cm³/mol. The summed E-state index contributed by atoms with van der Waals surface area (Å²) < 4.78 is 35.2. The molecule has 12 heteroatoms. The smallest absolute Gasteiger partial charge is 0.330 e. The molecule has 208 valence electrons. The Balaban J connectivity index is 1.40. The lowest BCUT2D eigenvalue weighted by Gasteiger charge is -2.36. The fraction of sp³-hybridized carbons (Fsp3) is 0.577. The first-order chi connectivity index (χ1) is 18.3. The van der Waals surface area contributed by atoms with E-state index in [0.29, 0.717) is 23.9 Å². The molecule has 2 N–H and O–H groups in total. The number of carbonyl (C=O) groups excluding carboxylic acids is 1. The van der Waals surface area contributed by atoms with Gasteiger partial charge in [0, 0.05) is 57.1 Å². The summed E-state index contributed by atoms with van der Waals surface area (Å²) in [5.74, 6) is -2.62. The van der Waals surface area contributed by atoms with Gasteiger partial charge in [-0.3, -0.25) is 9.80 Å². The highest BCUT2D eigenvalue weighted by atomic mass is 19.1. The van der Waals surface area contributed by atoms with E-state index in [1.807, 2.05) is 0 Å². The Hall–Kier alpha value is -3.25. The van der Waals surface area contributed by atoms with E-state index < -0.39 is 29.1 Å². The van der Waals surface area contributed by atoms with Crippen LogP contribution in [0, 0.1) is 11.6 Å². The minimum absolute atomic E-state index is 0.110. The Morgan fingerprint density at radius 1 is 1.11 bits per heavy atom. The Bertz CT molecular complexity index is 1130. The number of fused-ring (bicyclic) bond motifs is 1. The number of hydrogen-bond donors (Lipinski definition) is 2. The highest BCUT2D eigenvalue weighted by molar-refractivity contribution is 6.05. The summed E-state index contributed by atoms with van der Waals surface area (Å²) in [6, 6.07) is 0.213. The fourth-order valence-electron chi connectivity index (χ4n) is 4.75. The largest absolute Gasteiger partial charge is 0.505 e. The molecule has 0 saturated carbocycles. The normalized spacial score (nSPS) is 16.6. The number of carbonyl (C=O) groups is 1. The summed E-state index contributed by atoms with van der Waals surface area (Å²) in [6.07, 6.45) is 4.75. The molecule has 0 unspecified atom stereocenters. The van der Waals surface area contributed by atoms with Crippen LogP contribution in [0.15, 0.2) is 12.3 Å². The molecule has 1 saturated heterocycles. The van der Waals surface area contributed by atoms with E-state index in [0.717, 1.165) is 63.0 Å². The number of rotatable bonds is 11. The average Bonchev–Trinajstić information content (AvgIpc) is 2.91. The molecule has 2 aliphatic heterocycles. The molecule has 38 heavy (non-hydrogen) atoms. The van der Waals surface area contributed by atoms with E-state index in [1.54, 1.807) is 20.0 Å². The maximum Gasteiger partial charge on any atom is 0.330 e. The molecule has 0 radical (unpaired) electrons. The second-order valence-electron chi connectivity index (χ2n) is 9.59. The molecule has 0 atom stereocenters. The number of aromatic nitrogens is 2. The molecule has 4 rings (SSSR count). The van der Waals surface area contributed by atoms with Gasteiger partial charge in [-0.25, -0.2) is 18.6 Å². The van der Waals surface area contributed by atoms with Crippen LogP contribution in [0.2, 0.25) is 0 Å². The number of nitrogens with zero attached hydrogens (tertiary/aromatic N) is 6. The predicted octanol–water partition coefficient (Wildman–Crippen LogP) is 3.66. The van der Waals surface area contributed by atoms with Crippen molar-refractivity contribution in [3.63, 3.8) is 0 Å². The van der Waals surface area contributed by atoms with Crippen molar-refractivity contribution in [2.45, 2.75) is 39.7 Å². The third kappa shape index (κ3) is 6.07. The van der Waals surface area contributed by atoms with Crippen LogP contribution in [0.25, 0.3) is 0 Å². The van der Waals surface area contributed by atoms with Gasteiger partial charge in [-0.05, 0) is 40.3 Å². The number of halogens is 2. The summed E-state index contributed by atoms with van der Waals surface area (Å²) in [6.45, 7) is 9.88. The minimum atomic E-state index is -1.23. The van der Waals surface area contributed by atoms with Crippen molar-refractivity contribution < 1.29 is 23.4 Å². The number of ether oxygens (including phenoxy) is 1. The summed E-state index contributed by atoms with van der Waals surface area (Å²) in [5, 5.41) is 13.2. The average molecular weight is 534 g/mol. The van der Waals surface area contributed by atoms with Crippen LogP contribution in [0.4, 0.5) is 31.0 Å². The molecule has 2 aliphatic rings. The molecule has 1 aromatic heterocycles. The van der Waals surface area contributed by atoms with Crippen molar-refractivity contribution in [1.82, 2.24) is 19.8 Å². The van der Waals surface area contributed by atoms with Crippen LogP contribution in [0.3, 0.4) is 0 Å². The zero-order chi connectivity index (χ0) is 27.2. The van der Waals surface area contributed by atoms with Gasteiger partial charge in [-0.2, -0.15) is 4.98 Å². The van der Waals surface area contributed by atoms with Crippen LogP contribution in [-0.2, 0) is 6.54 Å². The second-order valence-corrected chi connectivity index (χ2v) is 9.59. The standard InChI is InChI=1S/C26H37F2N7O3/c1-4-34-24-18(17-35(26(34)37)23-21(27)19(36)15-20(22(23)28)38-5-2)16-30-25(31-24)29-9-7-6-8-10-33-13-11-32(3)12-14-33/h15-16,36H,4-14,17H2,1-3H3,(H,29,30,31). The third-order valence-corrected chi connectivity index (χ3v) is 6.93. The van der Waals surface area contributed by atoms with Crippen LogP contribution < -0.4 is 19.9 Å². The molecular formula is C26H37F2N7O3. The number of piperazine rings is 1. The van der Waals surface area contributed by atoms with Gasteiger partial charge in [0.25, 0.3) is 0 Å². The monoisotopic (exact) mass is 533 g/mol. The number of benzene rings is 1. The van der Waals surface area contributed by atoms with Crippen molar-refractivity contribution in [3.05, 3.63) is 29.5 Å². The van der Waals surface area contributed by atoms with Gasteiger partial charge in [0.1, 0.15) is 11.5 Å². The SMILES string of the molecule is CCOc1cc(O)c(F)c(N2Cc3cnc(NCCCCCN4CCN(C)CC4)nc3N(CC)C2=O)c1F. The van der Waals surface area contributed by atoms with Crippen LogP contribution in [0.5, 0.6) is 11.5 Å². The first-order valence-corrected chi connectivity index (χ1v) is 13.3. The van der Waals surface area contributed by atoms with Crippen molar-refractivity contribution in [2.24, 2.45) is 0 Å². The van der Waals surface area contributed by atoms with Crippen LogP contribution >= 0.6 is 0 Å². The number of hydrogen-bond acceptors (Lipinski definition) is 8. The second kappa shape index (κ2) is 12.5. The molecular weight excluding hydrogens is 496 g/mol. The number of aromatic hydroxyl groups is 1. The molecule has 0 aliphatic carbocycles. The highest BCUT2D eigenvalue weighted by Crippen LogP contribution is 2.40. The van der Waals surface area contributed by atoms with Gasteiger partial charge in [-0.15, -0.1) is 0 Å². The van der Waals surface area contributed by atoms with E-state index >= 15 is 4.39 Å². The Morgan fingerprint density at radius 3 is 2.58 bits per heavy atom. The van der Waals surface area contributed by atoms with Crippen LogP contribution in [-0.4, -0.2) is 90.4 Å². The van der Waals surface area contributed by atoms with Crippen molar-refractivity contribution in [1.29, 1.82) is 0 Å². The first-order valence-electron chi connectivity index (χ1n) is 13.3. The number of unbranched alkanes of at least 4 members (excludes halogenated alkanes) is 2. The van der Waals surface area contributed by atoms with E-state index in [-0.39, 0.29) is 25.4 Å². The Kier molecular flexibility index (Phi) is 9.16. The van der Waals surface area contributed by atoms with Crippen LogP contribution in [0.1, 0.15) is 38.7 Å². The topological polar surface area (TPSA) is 97.3 Å². The lowest BCUT2D eigenvalue weighted by molar-refractivity contribution is 0.152. The summed E-state index contributed by atoms with van der Waals surface area (Å²) in [5.41, 5.74) is -0.134. The minimum Gasteiger partial charge on any atom is -0.505 e. The Morgan fingerprint density at radius 2 is 1.87 bits per heavy atom. The molecule has 2 aromatic rings. The highest BCUT2D eigenvalue weighted by Gasteiger charge is 2.36. The van der Waals surface area contributed by atoms with Crippen molar-refractivity contribution in [3.8, 4) is 11.5 Å². The first kappa shape index (κ1) is 27.8. The van der Waals surface area contributed by atoms with Crippen molar-refractivity contribution >= 4 is 23.5 Å². The number of amides is 2. The number of nitrogens with one attached hydrogen (secondary N) is 1. The molecule has 1 aromatic carbocycles. The summed E-state index contributed by atoms with van der Waals surface area (Å²) >= 11 is 0. The summed E-state index contributed by atoms with van der Waals surface area (Å²) in [4.78, 5) is 29.3. The molecule has 10 nitrogen and oxygen atoms in total. The molecule has 1 fully saturated rings. The lowest BCUT2D eigenvalue weighted by atomic mass is 10.1.